The predicted octanol–water partition coefficient (Wildman–Crippen LogP) is 4.47. The second-order valence-electron chi connectivity index (χ2n) is 7.03. The molecule has 0 saturated carbocycles. The molecule has 1 atom stereocenters. The first-order chi connectivity index (χ1) is 14.4. The number of nitrogens with zero attached hydrogens (tertiary/aromatic N) is 1. The van der Waals surface area contributed by atoms with E-state index in [1.807, 2.05) is 0 Å². The molecule has 3 aromatic rings. The predicted molar refractivity (Wildman–Crippen MR) is 110 cm³/mol. The Morgan fingerprint density at radius 3 is 2.30 bits per heavy atom. The molecule has 30 heavy (non-hydrogen) atoms. The summed E-state index contributed by atoms with van der Waals surface area (Å²) in [7, 11) is 0. The Morgan fingerprint density at radius 1 is 0.967 bits per heavy atom. The van der Waals surface area contributed by atoms with Gasteiger partial charge in [0, 0.05) is 5.56 Å². The zero-order valence-electron chi connectivity index (χ0n) is 16.0. The largest absolute Gasteiger partial charge is 0.507 e. The van der Waals surface area contributed by atoms with Crippen LogP contribution in [0.25, 0.3) is 5.76 Å². The molecule has 6 heteroatoms. The number of anilines is 1. The van der Waals surface area contributed by atoms with Crippen LogP contribution < -0.4 is 4.90 Å². The van der Waals surface area contributed by atoms with Gasteiger partial charge in [-0.2, -0.15) is 0 Å². The lowest BCUT2D eigenvalue weighted by atomic mass is 9.94. The summed E-state index contributed by atoms with van der Waals surface area (Å²) in [5.41, 5.74) is 1.14. The van der Waals surface area contributed by atoms with E-state index in [2.05, 4.69) is 0 Å². The number of phenolic OH excluding ortho intramolecular Hbond substituents is 1. The van der Waals surface area contributed by atoms with Crippen LogP contribution in [-0.4, -0.2) is 21.9 Å². The van der Waals surface area contributed by atoms with Gasteiger partial charge in [0.15, 0.2) is 0 Å². The molecule has 3 aromatic carbocycles. The highest BCUT2D eigenvalue weighted by Crippen LogP contribution is 2.44. The highest BCUT2D eigenvalue weighted by atomic mass is 19.1. The third-order valence-corrected chi connectivity index (χ3v) is 5.13. The highest BCUT2D eigenvalue weighted by molar-refractivity contribution is 6.51. The van der Waals surface area contributed by atoms with E-state index in [1.165, 1.54) is 35.2 Å². The van der Waals surface area contributed by atoms with Crippen LogP contribution in [0.5, 0.6) is 5.75 Å². The molecular weight excluding hydrogens is 385 g/mol. The number of benzene rings is 3. The molecule has 150 valence electrons. The van der Waals surface area contributed by atoms with Crippen LogP contribution in [-0.2, 0) is 9.59 Å². The van der Waals surface area contributed by atoms with Crippen LogP contribution in [0, 0.1) is 12.7 Å². The molecule has 2 N–H and O–H groups in total. The molecular formula is C24H18FNO4. The fraction of sp³-hybridized carbons (Fsp3) is 0.0833. The van der Waals surface area contributed by atoms with Gasteiger partial charge in [-0.1, -0.05) is 42.5 Å². The van der Waals surface area contributed by atoms with Crippen molar-refractivity contribution in [2.24, 2.45) is 0 Å². The van der Waals surface area contributed by atoms with Crippen molar-refractivity contribution in [3.63, 3.8) is 0 Å². The number of aryl methyl sites for hydroxylation is 1. The third-order valence-electron chi connectivity index (χ3n) is 5.13. The molecule has 1 amide bonds. The maximum absolute atomic E-state index is 13.7. The second-order valence-corrected chi connectivity index (χ2v) is 7.03. The number of aliphatic hydroxyl groups is 1. The van der Waals surface area contributed by atoms with Crippen molar-refractivity contribution >= 4 is 23.1 Å². The number of para-hydroxylation sites is 2. The Balaban J connectivity index is 1.97. The van der Waals surface area contributed by atoms with Gasteiger partial charge >= 0.3 is 0 Å². The summed E-state index contributed by atoms with van der Waals surface area (Å²) in [5, 5.41) is 21.3. The van der Waals surface area contributed by atoms with E-state index < -0.39 is 29.3 Å². The van der Waals surface area contributed by atoms with Gasteiger partial charge in [-0.3, -0.25) is 14.5 Å². The third kappa shape index (κ3) is 3.12. The average molecular weight is 403 g/mol. The Bertz CT molecular complexity index is 1190. The van der Waals surface area contributed by atoms with Crippen molar-refractivity contribution in [3.8, 4) is 5.75 Å². The van der Waals surface area contributed by atoms with E-state index in [9.17, 15) is 24.2 Å². The van der Waals surface area contributed by atoms with Gasteiger partial charge in [0.25, 0.3) is 11.7 Å². The summed E-state index contributed by atoms with van der Waals surface area (Å²) in [5.74, 6) is -2.76. The van der Waals surface area contributed by atoms with Gasteiger partial charge in [0.05, 0.1) is 17.3 Å². The fourth-order valence-electron chi connectivity index (χ4n) is 3.65. The Labute approximate surface area is 172 Å². The van der Waals surface area contributed by atoms with Gasteiger partial charge in [-0.15, -0.1) is 0 Å². The standard InChI is InChI=1S/C24H18FNO4/c1-14-13-16(11-12-17(14)25)22(28)20-21(15-7-3-2-4-8-15)26(24(30)23(20)29)18-9-5-6-10-19(18)27/h2-13,21,27-28H,1H3/b22-20-. The topological polar surface area (TPSA) is 77.8 Å². The van der Waals surface area contributed by atoms with Gasteiger partial charge in [0.2, 0.25) is 0 Å². The highest BCUT2D eigenvalue weighted by Gasteiger charge is 2.47. The number of phenols is 1. The summed E-state index contributed by atoms with van der Waals surface area (Å²) in [4.78, 5) is 27.1. The smallest absolute Gasteiger partial charge is 0.300 e. The zero-order chi connectivity index (χ0) is 21.4. The minimum Gasteiger partial charge on any atom is -0.507 e. The van der Waals surface area contributed by atoms with Gasteiger partial charge in [-0.05, 0) is 48.4 Å². The van der Waals surface area contributed by atoms with E-state index >= 15 is 0 Å². The second kappa shape index (κ2) is 7.48. The molecule has 5 nitrogen and oxygen atoms in total. The van der Waals surface area contributed by atoms with Crippen LogP contribution in [0.1, 0.15) is 22.7 Å². The molecule has 0 spiro atoms. The van der Waals surface area contributed by atoms with E-state index in [0.29, 0.717) is 11.1 Å². The van der Waals surface area contributed by atoms with E-state index in [4.69, 9.17) is 0 Å². The fourth-order valence-corrected chi connectivity index (χ4v) is 3.65. The molecule has 0 aromatic heterocycles. The van der Waals surface area contributed by atoms with Gasteiger partial charge in [0.1, 0.15) is 17.3 Å². The lowest BCUT2D eigenvalue weighted by Gasteiger charge is -2.26. The quantitative estimate of drug-likeness (QED) is 0.384. The number of amides is 1. The lowest BCUT2D eigenvalue weighted by Crippen LogP contribution is -2.29. The maximum atomic E-state index is 13.7. The van der Waals surface area contributed by atoms with Crippen molar-refractivity contribution in [1.82, 2.24) is 0 Å². The average Bonchev–Trinajstić information content (AvgIpc) is 3.01. The number of carbonyl (C=O) groups is 2. The molecule has 0 radical (unpaired) electrons. The van der Waals surface area contributed by atoms with Gasteiger partial charge < -0.3 is 10.2 Å². The van der Waals surface area contributed by atoms with Crippen LogP contribution in [0.3, 0.4) is 0 Å². The van der Waals surface area contributed by atoms with Crippen molar-refractivity contribution in [2.75, 3.05) is 4.90 Å². The summed E-state index contributed by atoms with van der Waals surface area (Å²) in [6.07, 6.45) is 0. The number of ketones is 1. The summed E-state index contributed by atoms with van der Waals surface area (Å²) in [6.45, 7) is 1.54. The van der Waals surface area contributed by atoms with E-state index in [-0.39, 0.29) is 22.6 Å². The van der Waals surface area contributed by atoms with Crippen LogP contribution in [0.15, 0.2) is 78.4 Å². The number of hydrogen-bond acceptors (Lipinski definition) is 4. The summed E-state index contributed by atoms with van der Waals surface area (Å²) >= 11 is 0. The SMILES string of the molecule is Cc1cc(/C(O)=C2/C(=O)C(=O)N(c3ccccc3O)C2c2ccccc2)ccc1F. The van der Waals surface area contributed by atoms with Crippen LogP contribution in [0.2, 0.25) is 0 Å². The first-order valence-electron chi connectivity index (χ1n) is 9.30. The Kier molecular flexibility index (Phi) is 4.83. The van der Waals surface area contributed by atoms with Crippen LogP contribution >= 0.6 is 0 Å². The van der Waals surface area contributed by atoms with Crippen molar-refractivity contribution in [3.05, 3.63) is 101 Å². The summed E-state index contributed by atoms with van der Waals surface area (Å²) < 4.78 is 13.7. The zero-order valence-corrected chi connectivity index (χ0v) is 16.0. The van der Waals surface area contributed by atoms with E-state index in [1.54, 1.807) is 49.4 Å². The minimum absolute atomic E-state index is 0.125. The first-order valence-corrected chi connectivity index (χ1v) is 9.30. The molecule has 1 fully saturated rings. The lowest BCUT2D eigenvalue weighted by molar-refractivity contribution is -0.132. The maximum Gasteiger partial charge on any atom is 0.300 e. The van der Waals surface area contributed by atoms with Crippen molar-refractivity contribution in [1.29, 1.82) is 0 Å². The molecule has 0 bridgehead atoms. The molecule has 1 aliphatic rings. The Hall–Kier alpha value is -3.93. The number of halogens is 1. The minimum atomic E-state index is -0.954. The number of carbonyl (C=O) groups excluding carboxylic acids is 2. The molecule has 1 unspecified atom stereocenters. The number of aromatic hydroxyl groups is 1. The number of Topliss-reactive ketones (excluding diaryl/α,β-unsaturated/α-hetero) is 1. The molecule has 1 aliphatic heterocycles. The van der Waals surface area contributed by atoms with Crippen LogP contribution in [0.4, 0.5) is 10.1 Å². The summed E-state index contributed by atoms with van der Waals surface area (Å²) in [6, 6.07) is 18.0. The molecule has 1 saturated heterocycles. The van der Waals surface area contributed by atoms with Gasteiger partial charge in [-0.25, -0.2) is 4.39 Å². The monoisotopic (exact) mass is 403 g/mol. The first kappa shape index (κ1) is 19.4. The molecule has 4 rings (SSSR count). The normalized spacial score (nSPS) is 18.1. The molecule has 1 heterocycles. The number of aliphatic hydroxyl groups excluding tert-OH is 1. The van der Waals surface area contributed by atoms with Crippen molar-refractivity contribution < 1.29 is 24.2 Å². The number of rotatable bonds is 3. The van der Waals surface area contributed by atoms with E-state index in [0.717, 1.165) is 0 Å². The molecule has 0 aliphatic carbocycles. The van der Waals surface area contributed by atoms with Crippen molar-refractivity contribution in [2.45, 2.75) is 13.0 Å². The Morgan fingerprint density at radius 2 is 1.63 bits per heavy atom. The number of hydrogen-bond donors (Lipinski definition) is 2.